The van der Waals surface area contributed by atoms with Crippen LogP contribution in [0.2, 0.25) is 0 Å². The molecule has 2 aliphatic rings. The summed E-state index contributed by atoms with van der Waals surface area (Å²) in [5.74, 6) is 0. The quantitative estimate of drug-likeness (QED) is 0.638. The summed E-state index contributed by atoms with van der Waals surface area (Å²) >= 11 is 0. The third kappa shape index (κ3) is 1.88. The standard InChI is InChI=1S/C9H13FN2O3/c10-7-8(14)6(4-13)15-9(7)12-3-1-2-11-5-12/h1-3,6-9,13-14H,4-5H2/t6-,7+,8-,9-/m1/s1. The maximum Gasteiger partial charge on any atom is 0.173 e. The first-order valence-corrected chi connectivity index (χ1v) is 4.75. The Labute approximate surface area is 86.5 Å². The van der Waals surface area contributed by atoms with Crippen LogP contribution in [-0.2, 0) is 4.74 Å². The average molecular weight is 216 g/mol. The molecule has 1 fully saturated rings. The van der Waals surface area contributed by atoms with Crippen molar-refractivity contribution in [3.63, 3.8) is 0 Å². The van der Waals surface area contributed by atoms with Gasteiger partial charge >= 0.3 is 0 Å². The van der Waals surface area contributed by atoms with Gasteiger partial charge in [-0.3, -0.25) is 4.99 Å². The normalized spacial score (nSPS) is 40.1. The maximum absolute atomic E-state index is 13.6. The highest BCUT2D eigenvalue weighted by atomic mass is 19.1. The minimum absolute atomic E-state index is 0.298. The second-order valence-corrected chi connectivity index (χ2v) is 3.51. The number of hydrogen-bond acceptors (Lipinski definition) is 5. The summed E-state index contributed by atoms with van der Waals surface area (Å²) in [5.41, 5.74) is 0. The van der Waals surface area contributed by atoms with E-state index in [1.54, 1.807) is 23.4 Å². The molecule has 0 aromatic heterocycles. The summed E-state index contributed by atoms with van der Waals surface area (Å²) in [4.78, 5) is 5.48. The molecule has 4 atom stereocenters. The molecule has 2 aliphatic heterocycles. The van der Waals surface area contributed by atoms with Gasteiger partial charge < -0.3 is 19.8 Å². The highest BCUT2D eigenvalue weighted by Gasteiger charge is 2.46. The topological polar surface area (TPSA) is 65.3 Å². The number of aliphatic imine (C=N–C) groups is 1. The lowest BCUT2D eigenvalue weighted by atomic mass is 10.1. The van der Waals surface area contributed by atoms with Crippen molar-refractivity contribution in [1.29, 1.82) is 0 Å². The lowest BCUT2D eigenvalue weighted by Crippen LogP contribution is -2.39. The first-order valence-electron chi connectivity index (χ1n) is 4.75. The molecule has 6 heteroatoms. The van der Waals surface area contributed by atoms with Gasteiger partial charge in [-0.05, 0) is 6.08 Å². The van der Waals surface area contributed by atoms with Crippen molar-refractivity contribution in [3.8, 4) is 0 Å². The second kappa shape index (κ2) is 4.26. The third-order valence-corrected chi connectivity index (χ3v) is 2.51. The summed E-state index contributed by atoms with van der Waals surface area (Å²) in [5, 5.41) is 18.3. The molecule has 0 amide bonds. The Morgan fingerprint density at radius 3 is 2.93 bits per heavy atom. The van der Waals surface area contributed by atoms with Crippen molar-refractivity contribution in [2.45, 2.75) is 24.6 Å². The SMILES string of the molecule is OC[C@H]1O[C@@H](N2C=CC=NC2)[C@@H](F)[C@@H]1O. The predicted molar refractivity (Wildman–Crippen MR) is 51.0 cm³/mol. The van der Waals surface area contributed by atoms with E-state index in [1.807, 2.05) is 0 Å². The molecule has 0 spiro atoms. The molecule has 5 nitrogen and oxygen atoms in total. The van der Waals surface area contributed by atoms with Crippen LogP contribution in [0.25, 0.3) is 0 Å². The van der Waals surface area contributed by atoms with Crippen LogP contribution in [-0.4, -0.2) is 59.2 Å². The Morgan fingerprint density at radius 1 is 1.60 bits per heavy atom. The van der Waals surface area contributed by atoms with Crippen LogP contribution in [0, 0.1) is 0 Å². The second-order valence-electron chi connectivity index (χ2n) is 3.51. The molecule has 0 aromatic carbocycles. The van der Waals surface area contributed by atoms with E-state index in [9.17, 15) is 9.50 Å². The molecule has 84 valence electrons. The molecule has 0 aromatic rings. The minimum atomic E-state index is -1.53. The van der Waals surface area contributed by atoms with E-state index in [-0.39, 0.29) is 6.61 Å². The summed E-state index contributed by atoms with van der Waals surface area (Å²) in [6.45, 7) is -0.0919. The van der Waals surface area contributed by atoms with Crippen molar-refractivity contribution in [2.24, 2.45) is 4.99 Å². The monoisotopic (exact) mass is 216 g/mol. The van der Waals surface area contributed by atoms with Crippen LogP contribution in [0.4, 0.5) is 4.39 Å². The van der Waals surface area contributed by atoms with Crippen LogP contribution >= 0.6 is 0 Å². The van der Waals surface area contributed by atoms with Crippen molar-refractivity contribution in [1.82, 2.24) is 4.90 Å². The van der Waals surface area contributed by atoms with Gasteiger partial charge in [-0.1, -0.05) is 0 Å². The molecular weight excluding hydrogens is 203 g/mol. The van der Waals surface area contributed by atoms with Gasteiger partial charge in [0.25, 0.3) is 0 Å². The number of rotatable bonds is 2. The van der Waals surface area contributed by atoms with E-state index in [0.717, 1.165) is 0 Å². The number of nitrogens with zero attached hydrogens (tertiary/aromatic N) is 2. The van der Waals surface area contributed by atoms with E-state index in [4.69, 9.17) is 9.84 Å². The van der Waals surface area contributed by atoms with Gasteiger partial charge in [0.1, 0.15) is 18.9 Å². The van der Waals surface area contributed by atoms with E-state index in [1.165, 1.54) is 0 Å². The van der Waals surface area contributed by atoms with E-state index in [2.05, 4.69) is 4.99 Å². The zero-order valence-electron chi connectivity index (χ0n) is 8.03. The average Bonchev–Trinajstić information content (AvgIpc) is 2.57. The molecule has 2 heterocycles. The number of hydrogen-bond donors (Lipinski definition) is 2. The molecule has 2 rings (SSSR count). The minimum Gasteiger partial charge on any atom is -0.394 e. The van der Waals surface area contributed by atoms with Crippen molar-refractivity contribution >= 4 is 6.21 Å². The lowest BCUT2D eigenvalue weighted by Gasteiger charge is -2.27. The number of allylic oxidation sites excluding steroid dienone is 1. The first-order chi connectivity index (χ1) is 7.24. The third-order valence-electron chi connectivity index (χ3n) is 2.51. The van der Waals surface area contributed by atoms with E-state index < -0.39 is 24.6 Å². The fourth-order valence-corrected chi connectivity index (χ4v) is 1.68. The molecular formula is C9H13FN2O3. The maximum atomic E-state index is 13.6. The van der Waals surface area contributed by atoms with Crippen LogP contribution in [0.3, 0.4) is 0 Å². The van der Waals surface area contributed by atoms with Crippen LogP contribution < -0.4 is 0 Å². The zero-order chi connectivity index (χ0) is 10.8. The molecule has 0 unspecified atom stereocenters. The molecule has 0 aliphatic carbocycles. The number of alkyl halides is 1. The van der Waals surface area contributed by atoms with Crippen molar-refractivity contribution in [2.75, 3.05) is 13.3 Å². The molecule has 2 N–H and O–H groups in total. The molecule has 0 bridgehead atoms. The van der Waals surface area contributed by atoms with Gasteiger partial charge in [0, 0.05) is 12.4 Å². The van der Waals surface area contributed by atoms with Crippen LogP contribution in [0.1, 0.15) is 0 Å². The predicted octanol–water partition coefficient (Wildman–Crippen LogP) is -0.740. The van der Waals surface area contributed by atoms with E-state index in [0.29, 0.717) is 6.67 Å². The highest BCUT2D eigenvalue weighted by molar-refractivity contribution is 5.71. The molecule has 0 saturated carbocycles. The van der Waals surface area contributed by atoms with Gasteiger partial charge in [-0.2, -0.15) is 0 Å². The largest absolute Gasteiger partial charge is 0.394 e. The lowest BCUT2D eigenvalue weighted by molar-refractivity contribution is -0.0701. The Hall–Kier alpha value is -0.980. The zero-order valence-corrected chi connectivity index (χ0v) is 8.03. The van der Waals surface area contributed by atoms with Gasteiger partial charge in [0.2, 0.25) is 0 Å². The Balaban J connectivity index is 2.04. The van der Waals surface area contributed by atoms with Crippen molar-refractivity contribution < 1.29 is 19.3 Å². The van der Waals surface area contributed by atoms with Crippen LogP contribution in [0.5, 0.6) is 0 Å². The summed E-state index contributed by atoms with van der Waals surface area (Å²) in [7, 11) is 0. The highest BCUT2D eigenvalue weighted by Crippen LogP contribution is 2.27. The number of halogens is 1. The van der Waals surface area contributed by atoms with Crippen LogP contribution in [0.15, 0.2) is 17.3 Å². The first kappa shape index (κ1) is 10.5. The Morgan fingerprint density at radius 2 is 2.40 bits per heavy atom. The smallest absolute Gasteiger partial charge is 0.173 e. The van der Waals surface area contributed by atoms with Gasteiger partial charge in [-0.25, -0.2) is 4.39 Å². The summed E-state index contributed by atoms with van der Waals surface area (Å²) in [6, 6.07) is 0. The number of ether oxygens (including phenoxy) is 1. The number of aliphatic hydroxyl groups is 2. The van der Waals surface area contributed by atoms with Gasteiger partial charge in [0.15, 0.2) is 12.4 Å². The van der Waals surface area contributed by atoms with Crippen molar-refractivity contribution in [3.05, 3.63) is 12.3 Å². The molecule has 0 radical (unpaired) electrons. The van der Waals surface area contributed by atoms with Gasteiger partial charge in [0.05, 0.1) is 6.61 Å². The van der Waals surface area contributed by atoms with Gasteiger partial charge in [-0.15, -0.1) is 0 Å². The molecule has 1 saturated heterocycles. The summed E-state index contributed by atoms with van der Waals surface area (Å²) in [6.07, 6.45) is 0.391. The Kier molecular flexibility index (Phi) is 2.99. The summed E-state index contributed by atoms with van der Waals surface area (Å²) < 4.78 is 18.8. The fraction of sp³-hybridized carbons (Fsp3) is 0.667. The number of aliphatic hydroxyl groups excluding tert-OH is 2. The molecule has 15 heavy (non-hydrogen) atoms. The Bertz CT molecular complexity index is 285. The van der Waals surface area contributed by atoms with E-state index >= 15 is 0 Å². The fourth-order valence-electron chi connectivity index (χ4n) is 1.68.